The van der Waals surface area contributed by atoms with Crippen LogP contribution in [-0.4, -0.2) is 37.9 Å². The fraction of sp³-hybridized carbons (Fsp3) is 0.444. The van der Waals surface area contributed by atoms with Gasteiger partial charge in [-0.1, -0.05) is 49.6 Å². The Morgan fingerprint density at radius 3 is 2.44 bits per heavy atom. The zero-order valence-electron chi connectivity index (χ0n) is 20.2. The lowest BCUT2D eigenvalue weighted by Crippen LogP contribution is -2.42. The van der Waals surface area contributed by atoms with Gasteiger partial charge < -0.3 is 15.7 Å². The third kappa shape index (κ3) is 5.41. The summed E-state index contributed by atoms with van der Waals surface area (Å²) in [6.45, 7) is 6.25. The van der Waals surface area contributed by atoms with E-state index in [1.807, 2.05) is 47.0 Å². The predicted molar refractivity (Wildman–Crippen MR) is 134 cm³/mol. The molecular formula is C27H34N4O3. The topological polar surface area (TPSA) is 95.7 Å². The van der Waals surface area contributed by atoms with E-state index in [1.54, 1.807) is 6.07 Å². The minimum atomic E-state index is -0.891. The summed E-state index contributed by atoms with van der Waals surface area (Å²) in [5, 5.41) is 16.1. The molecule has 180 valence electrons. The van der Waals surface area contributed by atoms with Gasteiger partial charge in [0.2, 0.25) is 0 Å². The number of nitrogens with zero attached hydrogens (tertiary/aromatic N) is 2. The van der Waals surface area contributed by atoms with Crippen LogP contribution in [0.25, 0.3) is 16.9 Å². The minimum Gasteiger partial charge on any atom is -0.481 e. The van der Waals surface area contributed by atoms with Crippen LogP contribution in [0.2, 0.25) is 0 Å². The molecule has 0 saturated heterocycles. The molecule has 1 aliphatic rings. The summed E-state index contributed by atoms with van der Waals surface area (Å²) in [4.78, 5) is 29.9. The first kappa shape index (κ1) is 23.8. The summed E-state index contributed by atoms with van der Waals surface area (Å²) in [5.41, 5.74) is 2.49. The quantitative estimate of drug-likeness (QED) is 0.439. The second-order valence-corrected chi connectivity index (χ2v) is 10.2. The van der Waals surface area contributed by atoms with Gasteiger partial charge in [0.1, 0.15) is 11.5 Å². The Hall–Kier alpha value is -3.35. The van der Waals surface area contributed by atoms with Gasteiger partial charge in [0.25, 0.3) is 5.91 Å². The standard InChI is InChI=1S/C27H34N4O3/c1-27(2,3)30-25-23(19-13-8-5-9-14-19)29-24-20(15-10-16-31(24)25)26(34)28-21(17-22(32)33)18-11-6-4-7-12-18/h5,8-10,13-16,18,21,30H,4,6-7,11-12,17H2,1-3H3,(H,28,34)(H,32,33). The molecule has 2 aromatic heterocycles. The summed E-state index contributed by atoms with van der Waals surface area (Å²) in [5.74, 6) is -0.170. The van der Waals surface area contributed by atoms with Gasteiger partial charge in [-0.25, -0.2) is 4.98 Å². The molecule has 1 fully saturated rings. The number of carboxylic acid groups (broad SMARTS) is 1. The molecule has 34 heavy (non-hydrogen) atoms. The van der Waals surface area contributed by atoms with Gasteiger partial charge in [-0.05, 0) is 51.7 Å². The van der Waals surface area contributed by atoms with Crippen LogP contribution in [0.15, 0.2) is 48.7 Å². The van der Waals surface area contributed by atoms with Gasteiger partial charge in [-0.15, -0.1) is 0 Å². The van der Waals surface area contributed by atoms with Crippen molar-refractivity contribution in [1.29, 1.82) is 0 Å². The minimum absolute atomic E-state index is 0.0694. The van der Waals surface area contributed by atoms with Crippen molar-refractivity contribution < 1.29 is 14.7 Å². The number of anilines is 1. The molecule has 7 nitrogen and oxygen atoms in total. The van der Waals surface area contributed by atoms with Gasteiger partial charge in [-0.3, -0.25) is 14.0 Å². The van der Waals surface area contributed by atoms with E-state index in [0.29, 0.717) is 11.2 Å². The van der Waals surface area contributed by atoms with Crippen LogP contribution in [0.1, 0.15) is 69.7 Å². The maximum absolute atomic E-state index is 13.5. The normalized spacial score (nSPS) is 15.7. The summed E-state index contributed by atoms with van der Waals surface area (Å²) < 4.78 is 1.91. The van der Waals surface area contributed by atoms with Crippen molar-refractivity contribution in [3.8, 4) is 11.3 Å². The largest absolute Gasteiger partial charge is 0.481 e. The lowest BCUT2D eigenvalue weighted by atomic mass is 9.82. The van der Waals surface area contributed by atoms with E-state index in [-0.39, 0.29) is 29.8 Å². The molecule has 2 heterocycles. The molecule has 1 saturated carbocycles. The van der Waals surface area contributed by atoms with Crippen molar-refractivity contribution in [3.05, 3.63) is 54.2 Å². The number of pyridine rings is 1. The molecule has 4 rings (SSSR count). The second-order valence-electron chi connectivity index (χ2n) is 10.2. The van der Waals surface area contributed by atoms with Crippen molar-refractivity contribution in [2.45, 2.75) is 70.9 Å². The lowest BCUT2D eigenvalue weighted by molar-refractivity contribution is -0.137. The lowest BCUT2D eigenvalue weighted by Gasteiger charge is -2.30. The number of aliphatic carboxylic acids is 1. The van der Waals surface area contributed by atoms with Crippen molar-refractivity contribution in [2.24, 2.45) is 5.92 Å². The molecule has 1 atom stereocenters. The number of aromatic nitrogens is 2. The van der Waals surface area contributed by atoms with Gasteiger partial charge in [0.15, 0.2) is 5.65 Å². The van der Waals surface area contributed by atoms with Crippen molar-refractivity contribution in [1.82, 2.24) is 14.7 Å². The molecule has 0 aliphatic heterocycles. The second kappa shape index (κ2) is 9.87. The van der Waals surface area contributed by atoms with E-state index in [1.165, 1.54) is 6.42 Å². The summed E-state index contributed by atoms with van der Waals surface area (Å²) in [6.07, 6.45) is 7.05. The van der Waals surface area contributed by atoms with E-state index >= 15 is 0 Å². The Balaban J connectivity index is 1.73. The van der Waals surface area contributed by atoms with Crippen LogP contribution >= 0.6 is 0 Å². The van der Waals surface area contributed by atoms with E-state index in [4.69, 9.17) is 4.98 Å². The highest BCUT2D eigenvalue weighted by Crippen LogP contribution is 2.32. The van der Waals surface area contributed by atoms with E-state index < -0.39 is 5.97 Å². The number of amides is 1. The Labute approximate surface area is 200 Å². The third-order valence-corrected chi connectivity index (χ3v) is 6.37. The van der Waals surface area contributed by atoms with Crippen LogP contribution in [-0.2, 0) is 4.79 Å². The van der Waals surface area contributed by atoms with Crippen LogP contribution in [0, 0.1) is 5.92 Å². The first-order valence-corrected chi connectivity index (χ1v) is 12.1. The van der Waals surface area contributed by atoms with Crippen molar-refractivity contribution in [2.75, 3.05) is 5.32 Å². The maximum Gasteiger partial charge on any atom is 0.305 e. The number of hydrogen-bond donors (Lipinski definition) is 3. The van der Waals surface area contributed by atoms with Gasteiger partial charge >= 0.3 is 5.97 Å². The number of carboxylic acids is 1. The zero-order chi connectivity index (χ0) is 24.3. The first-order chi connectivity index (χ1) is 16.2. The average Bonchev–Trinajstić information content (AvgIpc) is 3.16. The molecule has 3 N–H and O–H groups in total. The third-order valence-electron chi connectivity index (χ3n) is 6.37. The van der Waals surface area contributed by atoms with Crippen molar-refractivity contribution >= 4 is 23.3 Å². The summed E-state index contributed by atoms with van der Waals surface area (Å²) in [7, 11) is 0. The molecule has 3 aromatic rings. The highest BCUT2D eigenvalue weighted by molar-refractivity contribution is 6.01. The number of benzene rings is 1. The van der Waals surface area contributed by atoms with Gasteiger partial charge in [-0.2, -0.15) is 0 Å². The van der Waals surface area contributed by atoms with Gasteiger partial charge in [0, 0.05) is 23.3 Å². The SMILES string of the molecule is CC(C)(C)Nc1c(-c2ccccc2)nc2c(C(=O)NC(CC(=O)O)C3CCCCC3)cccn12. The maximum atomic E-state index is 13.5. The first-order valence-electron chi connectivity index (χ1n) is 12.1. The molecule has 1 amide bonds. The number of fused-ring (bicyclic) bond motifs is 1. The Kier molecular flexibility index (Phi) is 6.91. The number of hydrogen-bond acceptors (Lipinski definition) is 4. The highest BCUT2D eigenvalue weighted by atomic mass is 16.4. The predicted octanol–water partition coefficient (Wildman–Crippen LogP) is 5.37. The number of carbonyl (C=O) groups is 2. The van der Waals surface area contributed by atoms with Crippen LogP contribution in [0.3, 0.4) is 0 Å². The Bertz CT molecular complexity index is 1160. The number of carbonyl (C=O) groups excluding carboxylic acids is 1. The number of rotatable bonds is 7. The Morgan fingerprint density at radius 1 is 1.09 bits per heavy atom. The molecule has 1 unspecified atom stereocenters. The molecule has 7 heteroatoms. The van der Waals surface area contributed by atoms with E-state index in [0.717, 1.165) is 42.8 Å². The molecular weight excluding hydrogens is 428 g/mol. The fourth-order valence-corrected chi connectivity index (χ4v) is 4.82. The molecule has 0 radical (unpaired) electrons. The highest BCUT2D eigenvalue weighted by Gasteiger charge is 2.29. The molecule has 1 aromatic carbocycles. The monoisotopic (exact) mass is 462 g/mol. The number of imidazole rings is 1. The molecule has 0 bridgehead atoms. The smallest absolute Gasteiger partial charge is 0.305 e. The van der Waals surface area contributed by atoms with Crippen LogP contribution in [0.4, 0.5) is 5.82 Å². The van der Waals surface area contributed by atoms with E-state index in [2.05, 4.69) is 31.4 Å². The number of nitrogens with one attached hydrogen (secondary N) is 2. The summed E-state index contributed by atoms with van der Waals surface area (Å²) >= 11 is 0. The fourth-order valence-electron chi connectivity index (χ4n) is 4.82. The van der Waals surface area contributed by atoms with Crippen molar-refractivity contribution in [3.63, 3.8) is 0 Å². The molecule has 0 spiro atoms. The van der Waals surface area contributed by atoms with Crippen LogP contribution in [0.5, 0.6) is 0 Å². The average molecular weight is 463 g/mol. The van der Waals surface area contributed by atoms with Crippen LogP contribution < -0.4 is 10.6 Å². The van der Waals surface area contributed by atoms with Gasteiger partial charge in [0.05, 0.1) is 12.0 Å². The zero-order valence-corrected chi connectivity index (χ0v) is 20.2. The Morgan fingerprint density at radius 2 is 1.79 bits per heavy atom. The summed E-state index contributed by atoms with van der Waals surface area (Å²) in [6, 6.07) is 13.1. The van der Waals surface area contributed by atoms with E-state index in [9.17, 15) is 14.7 Å². The molecule has 1 aliphatic carbocycles.